The van der Waals surface area contributed by atoms with E-state index >= 15 is 0 Å². The SMILES string of the molecule is CCC(C)(C)CC(C)C1=CCC=C(N=C(OC)c2n(C)cc[n+]2C)C=C1. The standard InChI is InChI=1S/C22H34N3O/c1-8-22(3,4)16-17(2)18-10-9-11-19(13-12-18)23-20(26-7)21-24(5)14-15-25(21)6/h10-15,17H,8-9,16H2,1-7H3/q+1. The molecule has 1 aromatic rings. The highest BCUT2D eigenvalue weighted by molar-refractivity contribution is 5.90. The van der Waals surface area contributed by atoms with Crippen molar-refractivity contribution >= 4 is 5.90 Å². The number of methoxy groups -OCH3 is 1. The molecular formula is C22H34N3O+. The fraction of sp³-hybridized carbons (Fsp3) is 0.545. The number of aromatic nitrogens is 2. The van der Waals surface area contributed by atoms with Crippen molar-refractivity contribution in [1.82, 2.24) is 4.57 Å². The molecule has 142 valence electrons. The number of hydrogen-bond donors (Lipinski definition) is 0. The summed E-state index contributed by atoms with van der Waals surface area (Å²) in [5.74, 6) is 2.11. The molecular weight excluding hydrogens is 322 g/mol. The lowest BCUT2D eigenvalue weighted by atomic mass is 9.78. The molecule has 1 aliphatic carbocycles. The summed E-state index contributed by atoms with van der Waals surface area (Å²) in [6.07, 6.45) is 16.1. The predicted octanol–water partition coefficient (Wildman–Crippen LogP) is 4.48. The van der Waals surface area contributed by atoms with Gasteiger partial charge in [0.2, 0.25) is 0 Å². The minimum Gasteiger partial charge on any atom is -0.475 e. The van der Waals surface area contributed by atoms with E-state index in [0.717, 1.165) is 17.9 Å². The van der Waals surface area contributed by atoms with Crippen molar-refractivity contribution in [3.63, 3.8) is 0 Å². The van der Waals surface area contributed by atoms with Gasteiger partial charge in [0, 0.05) is 0 Å². The summed E-state index contributed by atoms with van der Waals surface area (Å²) in [4.78, 5) is 4.76. The summed E-state index contributed by atoms with van der Waals surface area (Å²) >= 11 is 0. The summed E-state index contributed by atoms with van der Waals surface area (Å²) in [6, 6.07) is 0. The Labute approximate surface area is 158 Å². The van der Waals surface area contributed by atoms with E-state index in [0.29, 0.717) is 17.2 Å². The van der Waals surface area contributed by atoms with E-state index in [1.54, 1.807) is 7.11 Å². The van der Waals surface area contributed by atoms with Gasteiger partial charge in [0.25, 0.3) is 0 Å². The Hall–Kier alpha value is -2.10. The molecule has 0 N–H and O–H groups in total. The average Bonchev–Trinajstić information content (AvgIpc) is 2.80. The van der Waals surface area contributed by atoms with Crippen LogP contribution in [0.2, 0.25) is 0 Å². The molecule has 0 saturated carbocycles. The van der Waals surface area contributed by atoms with E-state index in [1.165, 1.54) is 18.4 Å². The molecule has 0 bridgehead atoms. The highest BCUT2D eigenvalue weighted by Crippen LogP contribution is 2.33. The van der Waals surface area contributed by atoms with Crippen molar-refractivity contribution in [3.05, 3.63) is 53.8 Å². The van der Waals surface area contributed by atoms with E-state index in [-0.39, 0.29) is 0 Å². The third-order valence-electron chi connectivity index (χ3n) is 5.31. The van der Waals surface area contributed by atoms with E-state index < -0.39 is 0 Å². The third-order valence-corrected chi connectivity index (χ3v) is 5.31. The van der Waals surface area contributed by atoms with Crippen LogP contribution in [0.15, 0.2) is 53.0 Å². The summed E-state index contributed by atoms with van der Waals surface area (Å²) in [5.41, 5.74) is 2.71. The Balaban J connectivity index is 2.18. The van der Waals surface area contributed by atoms with Gasteiger partial charge in [-0.25, -0.2) is 14.1 Å². The molecule has 4 nitrogen and oxygen atoms in total. The maximum atomic E-state index is 5.57. The molecule has 0 saturated heterocycles. The summed E-state index contributed by atoms with van der Waals surface area (Å²) in [5, 5.41) is 0. The van der Waals surface area contributed by atoms with Crippen molar-refractivity contribution in [3.8, 4) is 0 Å². The molecule has 1 aliphatic rings. The largest absolute Gasteiger partial charge is 0.475 e. The first-order chi connectivity index (χ1) is 12.3. The van der Waals surface area contributed by atoms with Crippen molar-refractivity contribution in [2.45, 2.75) is 47.0 Å². The Morgan fingerprint density at radius 3 is 2.65 bits per heavy atom. The second-order valence-corrected chi connectivity index (χ2v) is 7.99. The van der Waals surface area contributed by atoms with Crippen molar-refractivity contribution in [1.29, 1.82) is 0 Å². The molecule has 1 atom stereocenters. The lowest BCUT2D eigenvalue weighted by Gasteiger charge is -2.27. The van der Waals surface area contributed by atoms with Gasteiger partial charge in [-0.15, -0.1) is 0 Å². The normalized spacial score (nSPS) is 16.8. The monoisotopic (exact) mass is 356 g/mol. The Morgan fingerprint density at radius 2 is 2.08 bits per heavy atom. The smallest absolute Gasteiger partial charge is 0.344 e. The first-order valence-corrected chi connectivity index (χ1v) is 9.49. The van der Waals surface area contributed by atoms with Crippen LogP contribution in [0.4, 0.5) is 0 Å². The number of rotatable bonds is 6. The first-order valence-electron chi connectivity index (χ1n) is 9.49. The van der Waals surface area contributed by atoms with E-state index in [4.69, 9.17) is 9.73 Å². The molecule has 0 aliphatic heterocycles. The molecule has 2 rings (SSSR count). The van der Waals surface area contributed by atoms with Crippen LogP contribution in [0.1, 0.15) is 52.8 Å². The van der Waals surface area contributed by atoms with Crippen LogP contribution in [0.5, 0.6) is 0 Å². The van der Waals surface area contributed by atoms with Gasteiger partial charge in [-0.1, -0.05) is 52.3 Å². The summed E-state index contributed by atoms with van der Waals surface area (Å²) in [6.45, 7) is 9.30. The van der Waals surface area contributed by atoms with Crippen LogP contribution in [-0.4, -0.2) is 17.6 Å². The molecule has 0 fully saturated rings. The number of allylic oxidation sites excluding steroid dienone is 5. The number of aliphatic imine (C=N–C) groups is 1. The van der Waals surface area contributed by atoms with Crippen LogP contribution in [-0.2, 0) is 18.8 Å². The zero-order chi connectivity index (χ0) is 19.3. The number of ether oxygens (including phenoxy) is 1. The highest BCUT2D eigenvalue weighted by atomic mass is 16.5. The molecule has 0 aromatic carbocycles. The van der Waals surface area contributed by atoms with Gasteiger partial charge >= 0.3 is 11.7 Å². The molecule has 4 heteroatoms. The number of imidazole rings is 1. The van der Waals surface area contributed by atoms with E-state index in [2.05, 4.69) is 52.0 Å². The van der Waals surface area contributed by atoms with Crippen molar-refractivity contribution < 1.29 is 9.30 Å². The number of nitrogens with zero attached hydrogens (tertiary/aromatic N) is 3. The predicted molar refractivity (Wildman–Crippen MR) is 108 cm³/mol. The van der Waals surface area contributed by atoms with Gasteiger partial charge in [0.15, 0.2) is 0 Å². The van der Waals surface area contributed by atoms with Crippen molar-refractivity contribution in [2.75, 3.05) is 7.11 Å². The van der Waals surface area contributed by atoms with Gasteiger partial charge in [-0.3, -0.25) is 0 Å². The second kappa shape index (κ2) is 8.52. The fourth-order valence-electron chi connectivity index (χ4n) is 3.37. The highest BCUT2D eigenvalue weighted by Gasteiger charge is 2.22. The molecule has 1 heterocycles. The maximum Gasteiger partial charge on any atom is 0.344 e. The first kappa shape index (κ1) is 20.2. The molecule has 0 amide bonds. The van der Waals surface area contributed by atoms with Gasteiger partial charge in [0.1, 0.15) is 12.4 Å². The lowest BCUT2D eigenvalue weighted by molar-refractivity contribution is -0.672. The van der Waals surface area contributed by atoms with Crippen molar-refractivity contribution in [2.24, 2.45) is 30.4 Å². The Kier molecular flexibility index (Phi) is 6.63. The maximum absolute atomic E-state index is 5.57. The topological polar surface area (TPSA) is 30.4 Å². The lowest BCUT2D eigenvalue weighted by Crippen LogP contribution is -2.35. The third kappa shape index (κ3) is 4.96. The zero-order valence-electron chi connectivity index (χ0n) is 17.4. The fourth-order valence-corrected chi connectivity index (χ4v) is 3.37. The summed E-state index contributed by atoms with van der Waals surface area (Å²) < 4.78 is 9.60. The van der Waals surface area contributed by atoms with Gasteiger partial charge in [-0.2, -0.15) is 0 Å². The van der Waals surface area contributed by atoms with Gasteiger partial charge < -0.3 is 4.74 Å². The van der Waals surface area contributed by atoms with E-state index in [9.17, 15) is 0 Å². The molecule has 0 spiro atoms. The average molecular weight is 357 g/mol. The Bertz CT molecular complexity index is 728. The van der Waals surface area contributed by atoms with Crippen LogP contribution >= 0.6 is 0 Å². The van der Waals surface area contributed by atoms with Gasteiger partial charge in [-0.05, 0) is 35.8 Å². The van der Waals surface area contributed by atoms with Crippen LogP contribution in [0, 0.1) is 11.3 Å². The van der Waals surface area contributed by atoms with Crippen LogP contribution in [0.25, 0.3) is 0 Å². The number of aryl methyl sites for hydroxylation is 2. The zero-order valence-corrected chi connectivity index (χ0v) is 17.4. The Morgan fingerprint density at radius 1 is 1.35 bits per heavy atom. The molecule has 1 unspecified atom stereocenters. The number of hydrogen-bond acceptors (Lipinski definition) is 2. The second-order valence-electron chi connectivity index (χ2n) is 7.99. The minimum absolute atomic E-state index is 0.374. The molecule has 0 radical (unpaired) electrons. The van der Waals surface area contributed by atoms with Crippen LogP contribution in [0.3, 0.4) is 0 Å². The summed E-state index contributed by atoms with van der Waals surface area (Å²) in [7, 11) is 5.67. The van der Waals surface area contributed by atoms with Gasteiger partial charge in [0.05, 0.1) is 26.9 Å². The molecule has 1 aromatic heterocycles. The quantitative estimate of drug-likeness (QED) is 0.420. The minimum atomic E-state index is 0.374. The van der Waals surface area contributed by atoms with E-state index in [1.807, 2.05) is 35.6 Å². The van der Waals surface area contributed by atoms with Crippen LogP contribution < -0.4 is 4.57 Å². The molecule has 26 heavy (non-hydrogen) atoms.